The summed E-state index contributed by atoms with van der Waals surface area (Å²) in [7, 11) is -3.23. The number of alkyl halides is 1. The van der Waals surface area contributed by atoms with Gasteiger partial charge in [-0.05, 0) is 20.8 Å². The Bertz CT molecular complexity index is 246. The van der Waals surface area contributed by atoms with Gasteiger partial charge in [0, 0.05) is 11.9 Å². The minimum absolute atomic E-state index is 0.326. The molecule has 0 bridgehead atoms. The molecule has 0 saturated carbocycles. The first-order valence-electron chi connectivity index (χ1n) is 4.44. The first-order chi connectivity index (χ1) is 6.31. The third kappa shape index (κ3) is 5.29. The Morgan fingerprint density at radius 2 is 1.86 bits per heavy atom. The van der Waals surface area contributed by atoms with Gasteiger partial charge in [-0.1, -0.05) is 15.9 Å². The summed E-state index contributed by atoms with van der Waals surface area (Å²) in [6.07, 6.45) is 0. The van der Waals surface area contributed by atoms with E-state index in [0.717, 1.165) is 5.33 Å². The van der Waals surface area contributed by atoms with Gasteiger partial charge in [-0.3, -0.25) is 0 Å². The second-order valence-electron chi connectivity index (χ2n) is 3.81. The van der Waals surface area contributed by atoms with E-state index in [1.54, 1.807) is 20.8 Å². The van der Waals surface area contributed by atoms with Crippen LogP contribution in [-0.2, 0) is 14.8 Å². The van der Waals surface area contributed by atoms with E-state index in [9.17, 15) is 8.42 Å². The molecule has 4 nitrogen and oxygen atoms in total. The highest BCUT2D eigenvalue weighted by molar-refractivity contribution is 9.09. The van der Waals surface area contributed by atoms with E-state index in [2.05, 4.69) is 20.7 Å². The first-order valence-corrected chi connectivity index (χ1v) is 7.04. The molecule has 0 amide bonds. The van der Waals surface area contributed by atoms with Crippen molar-refractivity contribution in [3.8, 4) is 0 Å². The van der Waals surface area contributed by atoms with Crippen molar-refractivity contribution in [2.24, 2.45) is 0 Å². The molecular weight excluding hydrogens is 270 g/mol. The summed E-state index contributed by atoms with van der Waals surface area (Å²) in [4.78, 5) is 0. The van der Waals surface area contributed by atoms with E-state index in [1.165, 1.54) is 0 Å². The molecule has 0 aromatic carbocycles. The fraction of sp³-hybridized carbons (Fsp3) is 1.00. The van der Waals surface area contributed by atoms with Gasteiger partial charge >= 0.3 is 0 Å². The molecule has 0 aliphatic heterocycles. The van der Waals surface area contributed by atoms with Crippen LogP contribution >= 0.6 is 15.9 Å². The average molecular weight is 288 g/mol. The van der Waals surface area contributed by atoms with Crippen LogP contribution < -0.4 is 4.72 Å². The Morgan fingerprint density at radius 3 is 2.29 bits per heavy atom. The van der Waals surface area contributed by atoms with Gasteiger partial charge < -0.3 is 4.74 Å². The molecule has 0 aromatic heterocycles. The molecule has 0 unspecified atom stereocenters. The van der Waals surface area contributed by atoms with Crippen molar-refractivity contribution in [2.45, 2.75) is 25.5 Å². The van der Waals surface area contributed by atoms with Crippen LogP contribution in [-0.4, -0.2) is 38.3 Å². The summed E-state index contributed by atoms with van der Waals surface area (Å²) >= 11 is 3.21. The van der Waals surface area contributed by atoms with E-state index in [4.69, 9.17) is 4.74 Å². The molecule has 0 aromatic rings. The van der Waals surface area contributed by atoms with Crippen molar-refractivity contribution in [3.05, 3.63) is 0 Å². The van der Waals surface area contributed by atoms with Crippen LogP contribution in [0, 0.1) is 0 Å². The second-order valence-corrected chi connectivity index (χ2v) is 7.12. The van der Waals surface area contributed by atoms with Crippen molar-refractivity contribution in [2.75, 3.05) is 25.1 Å². The van der Waals surface area contributed by atoms with Crippen molar-refractivity contribution >= 4 is 26.0 Å². The highest BCUT2D eigenvalue weighted by Crippen LogP contribution is 2.12. The summed E-state index contributed by atoms with van der Waals surface area (Å²) in [6, 6.07) is 0. The fourth-order valence-electron chi connectivity index (χ4n) is 0.621. The van der Waals surface area contributed by atoms with Gasteiger partial charge in [0.25, 0.3) is 0 Å². The monoisotopic (exact) mass is 287 g/mol. The molecule has 0 heterocycles. The predicted molar refractivity (Wildman–Crippen MR) is 61.3 cm³/mol. The zero-order chi connectivity index (χ0) is 11.2. The molecular formula is C8H18BrNO3S. The maximum Gasteiger partial charge on any atom is 0.216 e. The van der Waals surface area contributed by atoms with Crippen LogP contribution in [0.4, 0.5) is 0 Å². The van der Waals surface area contributed by atoms with Crippen molar-refractivity contribution in [1.82, 2.24) is 4.72 Å². The lowest BCUT2D eigenvalue weighted by atomic mass is 10.3. The summed E-state index contributed by atoms with van der Waals surface area (Å²) in [5.74, 6) is 0. The smallest absolute Gasteiger partial charge is 0.216 e. The molecule has 0 atom stereocenters. The van der Waals surface area contributed by atoms with E-state index >= 15 is 0 Å². The highest BCUT2D eigenvalue weighted by atomic mass is 79.9. The zero-order valence-electron chi connectivity index (χ0n) is 8.84. The van der Waals surface area contributed by atoms with E-state index in [-0.39, 0.29) is 0 Å². The minimum atomic E-state index is -3.23. The second kappa shape index (κ2) is 6.05. The number of hydrogen-bond acceptors (Lipinski definition) is 3. The lowest BCUT2D eigenvalue weighted by molar-refractivity contribution is 0.156. The molecule has 6 heteroatoms. The normalized spacial score (nSPS) is 13.1. The van der Waals surface area contributed by atoms with E-state index in [1.807, 2.05) is 0 Å². The Hall–Kier alpha value is 0.350. The SMILES string of the molecule is CC(C)(C)S(=O)(=O)NCCOCCBr. The van der Waals surface area contributed by atoms with Crippen LogP contribution in [0.5, 0.6) is 0 Å². The van der Waals surface area contributed by atoms with Gasteiger partial charge in [0.15, 0.2) is 0 Å². The highest BCUT2D eigenvalue weighted by Gasteiger charge is 2.27. The third-order valence-electron chi connectivity index (χ3n) is 1.57. The van der Waals surface area contributed by atoms with Crippen LogP contribution in [0.3, 0.4) is 0 Å². The number of ether oxygens (including phenoxy) is 1. The van der Waals surface area contributed by atoms with Gasteiger partial charge in [0.2, 0.25) is 10.0 Å². The largest absolute Gasteiger partial charge is 0.379 e. The number of hydrogen-bond donors (Lipinski definition) is 1. The summed E-state index contributed by atoms with van der Waals surface area (Å²) in [5.41, 5.74) is 0. The van der Waals surface area contributed by atoms with Gasteiger partial charge in [-0.25, -0.2) is 13.1 Å². The molecule has 86 valence electrons. The summed E-state index contributed by atoms with van der Waals surface area (Å²) in [6.45, 7) is 6.31. The number of rotatable bonds is 6. The van der Waals surface area contributed by atoms with E-state index < -0.39 is 14.8 Å². The summed E-state index contributed by atoms with van der Waals surface area (Å²) < 4.78 is 29.9. The van der Waals surface area contributed by atoms with Crippen molar-refractivity contribution < 1.29 is 13.2 Å². The molecule has 0 spiro atoms. The molecule has 0 aliphatic rings. The summed E-state index contributed by atoms with van der Waals surface area (Å²) in [5, 5.41) is 0.763. The molecule has 0 fully saturated rings. The van der Waals surface area contributed by atoms with Crippen molar-refractivity contribution in [3.63, 3.8) is 0 Å². The Labute approximate surface area is 94.6 Å². The number of sulfonamides is 1. The zero-order valence-corrected chi connectivity index (χ0v) is 11.2. The molecule has 0 radical (unpaired) electrons. The van der Waals surface area contributed by atoms with Gasteiger partial charge in [-0.2, -0.15) is 0 Å². The Morgan fingerprint density at radius 1 is 1.29 bits per heavy atom. The van der Waals surface area contributed by atoms with Crippen LogP contribution in [0.1, 0.15) is 20.8 Å². The predicted octanol–water partition coefficient (Wildman–Crippen LogP) is 1.12. The lowest BCUT2D eigenvalue weighted by Gasteiger charge is -2.19. The maximum absolute atomic E-state index is 11.5. The van der Waals surface area contributed by atoms with Crippen LogP contribution in [0.25, 0.3) is 0 Å². The topological polar surface area (TPSA) is 55.4 Å². The van der Waals surface area contributed by atoms with Gasteiger partial charge in [0.05, 0.1) is 18.0 Å². The minimum Gasteiger partial charge on any atom is -0.379 e. The molecule has 0 aliphatic carbocycles. The van der Waals surface area contributed by atoms with Crippen molar-refractivity contribution in [1.29, 1.82) is 0 Å². The van der Waals surface area contributed by atoms with Crippen LogP contribution in [0.2, 0.25) is 0 Å². The standard InChI is InChI=1S/C8H18BrNO3S/c1-8(2,3)14(11,12)10-5-7-13-6-4-9/h10H,4-7H2,1-3H3. The third-order valence-corrected chi connectivity index (χ3v) is 4.09. The first kappa shape index (κ1) is 14.3. The molecule has 14 heavy (non-hydrogen) atoms. The van der Waals surface area contributed by atoms with Gasteiger partial charge in [-0.15, -0.1) is 0 Å². The maximum atomic E-state index is 11.5. The van der Waals surface area contributed by atoms with Crippen LogP contribution in [0.15, 0.2) is 0 Å². The molecule has 0 rings (SSSR count). The number of halogens is 1. The van der Waals surface area contributed by atoms with E-state index in [0.29, 0.717) is 19.8 Å². The quantitative estimate of drug-likeness (QED) is 0.588. The average Bonchev–Trinajstić information content (AvgIpc) is 2.02. The number of nitrogens with one attached hydrogen (secondary N) is 1. The molecule has 1 N–H and O–H groups in total. The molecule has 0 saturated heterocycles. The lowest BCUT2D eigenvalue weighted by Crippen LogP contribution is -2.40. The Kier molecular flexibility index (Phi) is 6.20. The van der Waals surface area contributed by atoms with Gasteiger partial charge in [0.1, 0.15) is 0 Å². The fourth-order valence-corrected chi connectivity index (χ4v) is 1.64. The Balaban J connectivity index is 3.80.